The number of nitrogens with two attached hydrogens (primary N) is 1. The first-order chi connectivity index (χ1) is 11.0. The molecule has 0 aliphatic heterocycles. The molecule has 0 radical (unpaired) electrons. The first kappa shape index (κ1) is 18.5. The van der Waals surface area contributed by atoms with E-state index in [1.807, 2.05) is 0 Å². The molecule has 0 spiro atoms. The summed E-state index contributed by atoms with van der Waals surface area (Å²) in [6.07, 6.45) is 1.48. The normalized spacial score (nSPS) is 12.5. The Morgan fingerprint density at radius 2 is 1.79 bits per heavy atom. The van der Waals surface area contributed by atoms with Gasteiger partial charge in [-0.2, -0.15) is 0 Å². The summed E-state index contributed by atoms with van der Waals surface area (Å²) < 4.78 is 34.9. The number of aromatic nitrogens is 1. The van der Waals surface area contributed by atoms with Gasteiger partial charge in [0.2, 0.25) is 0 Å². The number of nitrogen functional groups attached to an aromatic ring is 1. The Kier molecular flexibility index (Phi) is 5.10. The van der Waals surface area contributed by atoms with Gasteiger partial charge >= 0.3 is 0 Å². The maximum atomic E-state index is 14.8. The van der Waals surface area contributed by atoms with Gasteiger partial charge in [-0.05, 0) is 42.4 Å². The Hall–Kier alpha value is -1.79. The third-order valence-corrected chi connectivity index (χ3v) is 9.15. The van der Waals surface area contributed by atoms with E-state index >= 15 is 0 Å². The van der Waals surface area contributed by atoms with Gasteiger partial charge in [-0.1, -0.05) is 20.8 Å². The Bertz CT molecular complexity index is 725. The number of hydrogen-bond donors (Lipinski definition) is 1. The van der Waals surface area contributed by atoms with E-state index in [2.05, 4.69) is 38.8 Å². The predicted molar refractivity (Wildman–Crippen MR) is 96.0 cm³/mol. The van der Waals surface area contributed by atoms with Crippen LogP contribution < -0.4 is 5.73 Å². The number of nitrogens with zero attached hydrogens (tertiary/aromatic N) is 1. The minimum atomic E-state index is -2.10. The van der Waals surface area contributed by atoms with Crippen LogP contribution in [-0.4, -0.2) is 13.3 Å². The van der Waals surface area contributed by atoms with Crippen molar-refractivity contribution >= 4 is 14.1 Å². The summed E-state index contributed by atoms with van der Waals surface area (Å²) in [6, 6.07) is 5.92. The Labute approximate surface area is 143 Å². The van der Waals surface area contributed by atoms with Crippen LogP contribution in [0.3, 0.4) is 0 Å². The fraction of sp³-hybridized carbons (Fsp3) is 0.389. The van der Waals surface area contributed by atoms with Gasteiger partial charge in [0.25, 0.3) is 0 Å². The van der Waals surface area contributed by atoms with Crippen LogP contribution in [0.5, 0.6) is 0 Å². The van der Waals surface area contributed by atoms with E-state index in [1.165, 1.54) is 18.3 Å². The molecule has 0 atom stereocenters. The van der Waals surface area contributed by atoms with Gasteiger partial charge < -0.3 is 10.2 Å². The van der Waals surface area contributed by atoms with Gasteiger partial charge in [-0.25, -0.2) is 13.8 Å². The Morgan fingerprint density at radius 3 is 2.33 bits per heavy atom. The van der Waals surface area contributed by atoms with Crippen molar-refractivity contribution in [2.45, 2.75) is 45.5 Å². The van der Waals surface area contributed by atoms with Gasteiger partial charge in [0.1, 0.15) is 17.5 Å². The average Bonchev–Trinajstić information content (AvgIpc) is 2.47. The summed E-state index contributed by atoms with van der Waals surface area (Å²) in [5.41, 5.74) is 6.35. The van der Waals surface area contributed by atoms with Crippen molar-refractivity contribution in [3.63, 3.8) is 0 Å². The second-order valence-corrected chi connectivity index (χ2v) is 12.2. The molecule has 0 aliphatic carbocycles. The molecule has 0 bridgehead atoms. The van der Waals surface area contributed by atoms with Crippen molar-refractivity contribution in [3.05, 3.63) is 47.7 Å². The maximum absolute atomic E-state index is 14.8. The van der Waals surface area contributed by atoms with Crippen LogP contribution in [-0.2, 0) is 11.0 Å². The molecule has 1 aromatic carbocycles. The number of anilines is 1. The molecule has 130 valence electrons. The van der Waals surface area contributed by atoms with Crippen LogP contribution in [0.15, 0.2) is 30.5 Å². The van der Waals surface area contributed by atoms with Crippen molar-refractivity contribution < 1.29 is 13.2 Å². The highest BCUT2D eigenvalue weighted by atomic mass is 28.4. The van der Waals surface area contributed by atoms with Crippen molar-refractivity contribution in [3.8, 4) is 11.1 Å². The second-order valence-electron chi connectivity index (χ2n) is 7.41. The van der Waals surface area contributed by atoms with E-state index in [0.717, 1.165) is 0 Å². The molecule has 2 N–H and O–H groups in total. The van der Waals surface area contributed by atoms with E-state index in [1.54, 1.807) is 12.1 Å². The first-order valence-electron chi connectivity index (χ1n) is 7.85. The van der Waals surface area contributed by atoms with Gasteiger partial charge in [0, 0.05) is 22.9 Å². The van der Waals surface area contributed by atoms with Crippen LogP contribution in [0.25, 0.3) is 11.1 Å². The molecule has 1 aromatic heterocycles. The quantitative estimate of drug-likeness (QED) is 0.778. The van der Waals surface area contributed by atoms with E-state index in [-0.39, 0.29) is 22.8 Å². The van der Waals surface area contributed by atoms with Gasteiger partial charge in [-0.3, -0.25) is 0 Å². The van der Waals surface area contributed by atoms with E-state index < -0.39 is 20.0 Å². The molecule has 0 saturated carbocycles. The van der Waals surface area contributed by atoms with Crippen LogP contribution in [0.1, 0.15) is 26.3 Å². The van der Waals surface area contributed by atoms with E-state index in [9.17, 15) is 8.78 Å². The van der Waals surface area contributed by atoms with Crippen molar-refractivity contribution in [2.75, 3.05) is 5.73 Å². The topological polar surface area (TPSA) is 48.1 Å². The monoisotopic (exact) mass is 350 g/mol. The van der Waals surface area contributed by atoms with Gasteiger partial charge in [0.05, 0.1) is 6.61 Å². The smallest absolute Gasteiger partial charge is 0.192 e. The lowest BCUT2D eigenvalue weighted by Gasteiger charge is -2.36. The third-order valence-electron chi connectivity index (χ3n) is 4.67. The van der Waals surface area contributed by atoms with E-state index in [4.69, 9.17) is 10.2 Å². The molecular weight excluding hydrogens is 326 g/mol. The van der Waals surface area contributed by atoms with Crippen LogP contribution in [0.2, 0.25) is 18.1 Å². The molecule has 6 heteroatoms. The fourth-order valence-electron chi connectivity index (χ4n) is 1.99. The summed E-state index contributed by atoms with van der Waals surface area (Å²) >= 11 is 0. The molecule has 2 rings (SSSR count). The van der Waals surface area contributed by atoms with Crippen LogP contribution in [0, 0.1) is 11.6 Å². The molecule has 3 nitrogen and oxygen atoms in total. The summed E-state index contributed by atoms with van der Waals surface area (Å²) in [7, 11) is -2.10. The summed E-state index contributed by atoms with van der Waals surface area (Å²) in [6.45, 7) is 10.3. The zero-order chi connectivity index (χ0) is 18.1. The standard InChI is InChI=1S/C18H24F2N2OSi/c1-18(2,3)24(4,5)23-11-14-15(19)8-7-13(17(14)20)12-6-9-16(21)22-10-12/h6-10H,11H2,1-5H3,(H2,21,22). The number of benzene rings is 1. The molecule has 24 heavy (non-hydrogen) atoms. The molecule has 1 heterocycles. The predicted octanol–water partition coefficient (Wildman–Crippen LogP) is 5.13. The molecule has 0 fully saturated rings. The lowest BCUT2D eigenvalue weighted by Crippen LogP contribution is -2.40. The molecule has 0 saturated heterocycles. The molecule has 2 aromatic rings. The molecule has 0 unspecified atom stereocenters. The number of rotatable bonds is 4. The first-order valence-corrected chi connectivity index (χ1v) is 10.8. The van der Waals surface area contributed by atoms with Gasteiger partial charge in [0.15, 0.2) is 8.32 Å². The van der Waals surface area contributed by atoms with E-state index in [0.29, 0.717) is 11.4 Å². The zero-order valence-electron chi connectivity index (χ0n) is 14.8. The number of halogens is 2. The Balaban J connectivity index is 2.34. The Morgan fingerprint density at radius 1 is 1.12 bits per heavy atom. The number of pyridine rings is 1. The fourth-order valence-corrected chi connectivity index (χ4v) is 2.92. The van der Waals surface area contributed by atoms with Crippen molar-refractivity contribution in [1.29, 1.82) is 0 Å². The maximum Gasteiger partial charge on any atom is 0.192 e. The molecule has 0 aliphatic rings. The van der Waals surface area contributed by atoms with Crippen LogP contribution >= 0.6 is 0 Å². The minimum Gasteiger partial charge on any atom is -0.412 e. The highest BCUT2D eigenvalue weighted by Crippen LogP contribution is 2.37. The molecule has 0 amide bonds. The number of hydrogen-bond acceptors (Lipinski definition) is 3. The zero-order valence-corrected chi connectivity index (χ0v) is 15.8. The third kappa shape index (κ3) is 3.81. The average molecular weight is 350 g/mol. The molecular formula is C18H24F2N2OSi. The van der Waals surface area contributed by atoms with Crippen molar-refractivity contribution in [2.24, 2.45) is 0 Å². The lowest BCUT2D eigenvalue weighted by molar-refractivity contribution is 0.265. The summed E-state index contributed by atoms with van der Waals surface area (Å²) in [5, 5.41) is -0.0293. The SMILES string of the molecule is CC(C)(C)[Si](C)(C)OCc1c(F)ccc(-c2ccc(N)nc2)c1F. The second kappa shape index (κ2) is 6.61. The largest absolute Gasteiger partial charge is 0.412 e. The summed E-state index contributed by atoms with van der Waals surface area (Å²) in [5.74, 6) is -0.860. The highest BCUT2D eigenvalue weighted by molar-refractivity contribution is 6.74. The lowest BCUT2D eigenvalue weighted by atomic mass is 10.0. The summed E-state index contributed by atoms with van der Waals surface area (Å²) in [4.78, 5) is 3.96. The van der Waals surface area contributed by atoms with Gasteiger partial charge in [-0.15, -0.1) is 0 Å². The van der Waals surface area contributed by atoms with Crippen molar-refractivity contribution in [1.82, 2.24) is 4.98 Å². The van der Waals surface area contributed by atoms with Crippen LogP contribution in [0.4, 0.5) is 14.6 Å². The highest BCUT2D eigenvalue weighted by Gasteiger charge is 2.37. The minimum absolute atomic E-state index is 0.0293.